The summed E-state index contributed by atoms with van der Waals surface area (Å²) in [4.78, 5) is 24.5. The highest BCUT2D eigenvalue weighted by Crippen LogP contribution is 2.30. The Morgan fingerprint density at radius 2 is 1.91 bits per heavy atom. The molecule has 1 N–H and O–H groups in total. The Kier molecular flexibility index (Phi) is 5.23. The molecule has 2 aliphatic rings. The first-order valence-electron chi connectivity index (χ1n) is 8.59. The SMILES string of the molecule is CN1CCN(Cc2cnc(C3CCCCC3)nc2)C[C@H]1C(=O)O. The van der Waals surface area contributed by atoms with Crippen molar-refractivity contribution in [1.29, 1.82) is 0 Å². The van der Waals surface area contributed by atoms with E-state index in [0.717, 1.165) is 31.0 Å². The molecule has 23 heavy (non-hydrogen) atoms. The number of nitrogens with zero attached hydrogens (tertiary/aromatic N) is 4. The van der Waals surface area contributed by atoms with Crippen LogP contribution in [0.3, 0.4) is 0 Å². The molecule has 0 radical (unpaired) electrons. The van der Waals surface area contributed by atoms with E-state index >= 15 is 0 Å². The summed E-state index contributed by atoms with van der Waals surface area (Å²) in [6.07, 6.45) is 10.2. The molecule has 2 fully saturated rings. The summed E-state index contributed by atoms with van der Waals surface area (Å²) >= 11 is 0. The van der Waals surface area contributed by atoms with Gasteiger partial charge in [0, 0.05) is 50.1 Å². The van der Waals surface area contributed by atoms with Gasteiger partial charge >= 0.3 is 5.97 Å². The van der Waals surface area contributed by atoms with E-state index in [9.17, 15) is 9.90 Å². The molecule has 1 aromatic rings. The van der Waals surface area contributed by atoms with E-state index in [2.05, 4.69) is 14.9 Å². The van der Waals surface area contributed by atoms with E-state index in [0.29, 0.717) is 12.5 Å². The molecule has 1 aliphatic heterocycles. The Morgan fingerprint density at radius 1 is 1.22 bits per heavy atom. The molecule has 6 nitrogen and oxygen atoms in total. The molecule has 3 rings (SSSR count). The fraction of sp³-hybridized carbons (Fsp3) is 0.706. The van der Waals surface area contributed by atoms with Crippen molar-refractivity contribution >= 4 is 5.97 Å². The molecule has 0 spiro atoms. The second-order valence-electron chi connectivity index (χ2n) is 6.85. The van der Waals surface area contributed by atoms with Gasteiger partial charge in [-0.1, -0.05) is 19.3 Å². The number of carbonyl (C=O) groups is 1. The third-order valence-electron chi connectivity index (χ3n) is 5.12. The maximum Gasteiger partial charge on any atom is 0.322 e. The summed E-state index contributed by atoms with van der Waals surface area (Å²) in [6, 6.07) is -0.425. The van der Waals surface area contributed by atoms with E-state index in [1.54, 1.807) is 0 Å². The number of likely N-dealkylation sites (N-methyl/N-ethyl adjacent to an activating group) is 1. The highest BCUT2D eigenvalue weighted by molar-refractivity contribution is 5.73. The summed E-state index contributed by atoms with van der Waals surface area (Å²) in [7, 11) is 1.87. The standard InChI is InChI=1S/C17H26N4O2/c1-20-7-8-21(12-15(20)17(22)23)11-13-9-18-16(19-10-13)14-5-3-2-4-6-14/h9-10,14-15H,2-8,11-12H2,1H3,(H,22,23)/t15-/m0/s1. The van der Waals surface area contributed by atoms with Gasteiger partial charge in [0.05, 0.1) is 0 Å². The molecule has 0 unspecified atom stereocenters. The third-order valence-corrected chi connectivity index (χ3v) is 5.12. The Labute approximate surface area is 137 Å². The topological polar surface area (TPSA) is 69.6 Å². The van der Waals surface area contributed by atoms with Gasteiger partial charge in [0.1, 0.15) is 11.9 Å². The number of carboxylic acid groups (broad SMARTS) is 1. The van der Waals surface area contributed by atoms with Crippen LogP contribution in [0.25, 0.3) is 0 Å². The van der Waals surface area contributed by atoms with Crippen LogP contribution in [-0.4, -0.2) is 63.6 Å². The highest BCUT2D eigenvalue weighted by atomic mass is 16.4. The van der Waals surface area contributed by atoms with Crippen LogP contribution in [0.15, 0.2) is 12.4 Å². The van der Waals surface area contributed by atoms with Crippen LogP contribution in [-0.2, 0) is 11.3 Å². The predicted octanol–water partition coefficient (Wildman–Crippen LogP) is 1.72. The second-order valence-corrected chi connectivity index (χ2v) is 6.85. The van der Waals surface area contributed by atoms with E-state index in [-0.39, 0.29) is 0 Å². The largest absolute Gasteiger partial charge is 0.480 e. The zero-order valence-electron chi connectivity index (χ0n) is 13.8. The molecule has 1 aromatic heterocycles. The van der Waals surface area contributed by atoms with E-state index < -0.39 is 12.0 Å². The van der Waals surface area contributed by atoms with Crippen molar-refractivity contribution in [1.82, 2.24) is 19.8 Å². The van der Waals surface area contributed by atoms with Gasteiger partial charge in [0.2, 0.25) is 0 Å². The van der Waals surface area contributed by atoms with Crippen molar-refractivity contribution in [3.05, 3.63) is 23.8 Å². The van der Waals surface area contributed by atoms with E-state index in [4.69, 9.17) is 0 Å². The molecular formula is C17H26N4O2. The average Bonchev–Trinajstić information content (AvgIpc) is 2.58. The van der Waals surface area contributed by atoms with Crippen LogP contribution in [0.1, 0.15) is 49.4 Å². The molecule has 0 aromatic carbocycles. The molecule has 1 aliphatic carbocycles. The normalized spacial score (nSPS) is 24.7. The maximum absolute atomic E-state index is 11.3. The average molecular weight is 318 g/mol. The van der Waals surface area contributed by atoms with Crippen molar-refractivity contribution in [2.45, 2.75) is 50.6 Å². The Bertz CT molecular complexity index is 528. The predicted molar refractivity (Wildman–Crippen MR) is 87.2 cm³/mol. The minimum absolute atomic E-state index is 0.425. The second kappa shape index (κ2) is 7.36. The number of carboxylic acids is 1. The summed E-state index contributed by atoms with van der Waals surface area (Å²) in [5.74, 6) is 0.758. The minimum Gasteiger partial charge on any atom is -0.480 e. The van der Waals surface area contributed by atoms with Crippen LogP contribution in [0, 0.1) is 0 Å². The fourth-order valence-electron chi connectivity index (χ4n) is 3.62. The van der Waals surface area contributed by atoms with Crippen LogP contribution < -0.4 is 0 Å². The molecule has 0 bridgehead atoms. The van der Waals surface area contributed by atoms with E-state index in [1.807, 2.05) is 24.3 Å². The van der Waals surface area contributed by atoms with Gasteiger partial charge < -0.3 is 5.11 Å². The number of hydrogen-bond donors (Lipinski definition) is 1. The highest BCUT2D eigenvalue weighted by Gasteiger charge is 2.29. The van der Waals surface area contributed by atoms with Crippen LogP contribution >= 0.6 is 0 Å². The fourth-order valence-corrected chi connectivity index (χ4v) is 3.62. The lowest BCUT2D eigenvalue weighted by Crippen LogP contribution is -2.54. The number of aromatic nitrogens is 2. The van der Waals surface area contributed by atoms with Crippen LogP contribution in [0.4, 0.5) is 0 Å². The lowest BCUT2D eigenvalue weighted by atomic mass is 9.89. The summed E-state index contributed by atoms with van der Waals surface area (Å²) < 4.78 is 0. The van der Waals surface area contributed by atoms with Crippen molar-refractivity contribution in [2.75, 3.05) is 26.7 Å². The first-order chi connectivity index (χ1) is 11.1. The lowest BCUT2D eigenvalue weighted by Gasteiger charge is -2.37. The molecule has 6 heteroatoms. The van der Waals surface area contributed by atoms with Gasteiger partial charge in [-0.15, -0.1) is 0 Å². The quantitative estimate of drug-likeness (QED) is 0.912. The molecular weight excluding hydrogens is 292 g/mol. The van der Waals surface area contributed by atoms with Crippen molar-refractivity contribution in [2.24, 2.45) is 0 Å². The molecule has 1 atom stereocenters. The number of hydrogen-bond acceptors (Lipinski definition) is 5. The summed E-state index contributed by atoms with van der Waals surface area (Å²) in [6.45, 7) is 2.93. The number of piperazine rings is 1. The first kappa shape index (κ1) is 16.3. The van der Waals surface area contributed by atoms with Gasteiger partial charge in [-0.2, -0.15) is 0 Å². The van der Waals surface area contributed by atoms with E-state index in [1.165, 1.54) is 32.1 Å². The Hall–Kier alpha value is -1.53. The smallest absolute Gasteiger partial charge is 0.322 e. The zero-order chi connectivity index (χ0) is 16.2. The van der Waals surface area contributed by atoms with Gasteiger partial charge in [-0.3, -0.25) is 14.6 Å². The van der Waals surface area contributed by atoms with Gasteiger partial charge in [0.25, 0.3) is 0 Å². The maximum atomic E-state index is 11.3. The minimum atomic E-state index is -0.749. The van der Waals surface area contributed by atoms with Crippen molar-refractivity contribution < 1.29 is 9.90 Å². The molecule has 0 amide bonds. The van der Waals surface area contributed by atoms with Gasteiger partial charge in [-0.25, -0.2) is 9.97 Å². The Balaban J connectivity index is 1.58. The molecule has 126 valence electrons. The molecule has 2 heterocycles. The number of rotatable bonds is 4. The molecule has 1 saturated heterocycles. The van der Waals surface area contributed by atoms with Crippen LogP contribution in [0.2, 0.25) is 0 Å². The van der Waals surface area contributed by atoms with Gasteiger partial charge in [-0.05, 0) is 19.9 Å². The first-order valence-corrected chi connectivity index (χ1v) is 8.59. The van der Waals surface area contributed by atoms with Gasteiger partial charge in [0.15, 0.2) is 0 Å². The summed E-state index contributed by atoms with van der Waals surface area (Å²) in [5.41, 5.74) is 1.07. The van der Waals surface area contributed by atoms with Crippen LogP contribution in [0.5, 0.6) is 0 Å². The lowest BCUT2D eigenvalue weighted by molar-refractivity contribution is -0.145. The molecule has 1 saturated carbocycles. The third kappa shape index (κ3) is 4.06. The van der Waals surface area contributed by atoms with Crippen molar-refractivity contribution in [3.8, 4) is 0 Å². The zero-order valence-corrected chi connectivity index (χ0v) is 13.8. The Morgan fingerprint density at radius 3 is 2.57 bits per heavy atom. The monoisotopic (exact) mass is 318 g/mol. The number of aliphatic carboxylic acids is 1. The van der Waals surface area contributed by atoms with Crippen molar-refractivity contribution in [3.63, 3.8) is 0 Å². The summed E-state index contributed by atoms with van der Waals surface area (Å²) in [5, 5.41) is 9.28.